The molecule has 0 bridgehead atoms. The van der Waals surface area contributed by atoms with Crippen molar-refractivity contribution in [1.82, 2.24) is 18.9 Å². The topological polar surface area (TPSA) is 215 Å². The Morgan fingerprint density at radius 2 is 1.38 bits per heavy atom. The van der Waals surface area contributed by atoms with E-state index in [0.29, 0.717) is 35.0 Å². The third-order valence-corrected chi connectivity index (χ3v) is 8.79. The van der Waals surface area contributed by atoms with Crippen LogP contribution in [0.3, 0.4) is 0 Å². The minimum Gasteiger partial charge on any atom is -0.368 e. The zero-order valence-electron chi connectivity index (χ0n) is 25.5. The first-order valence-electron chi connectivity index (χ1n) is 13.3. The molecule has 3 aromatic carbocycles. The SMILES string of the molecule is CC(C)S(=O)(=O)n1c(N)nc2ccc(-c3nc(-c4ccccc4SC(F)(F)F)[nH]c3-c3ccccc3)cc21.CS(=O)(=O)O.CS(=O)(=O)O. The van der Waals surface area contributed by atoms with Crippen LogP contribution in [-0.2, 0) is 30.3 Å². The van der Waals surface area contributed by atoms with Gasteiger partial charge in [-0.2, -0.15) is 30.0 Å². The average molecular weight is 750 g/mol. The highest BCUT2D eigenvalue weighted by Crippen LogP contribution is 2.42. The quantitative estimate of drug-likeness (QED) is 0.124. The molecule has 5 aromatic rings. The number of benzene rings is 3. The van der Waals surface area contributed by atoms with E-state index in [-0.39, 0.29) is 39.5 Å². The molecule has 20 heteroatoms. The number of halogens is 3. The number of imidazole rings is 2. The van der Waals surface area contributed by atoms with Crippen LogP contribution < -0.4 is 5.73 Å². The lowest BCUT2D eigenvalue weighted by molar-refractivity contribution is -0.0328. The third kappa shape index (κ3) is 10.8. The van der Waals surface area contributed by atoms with Crippen molar-refractivity contribution in [3.63, 3.8) is 0 Å². The van der Waals surface area contributed by atoms with Crippen LogP contribution in [0, 0.1) is 0 Å². The summed E-state index contributed by atoms with van der Waals surface area (Å²) >= 11 is -0.211. The van der Waals surface area contributed by atoms with Crippen LogP contribution in [0.4, 0.5) is 19.1 Å². The van der Waals surface area contributed by atoms with Gasteiger partial charge in [0, 0.05) is 21.6 Å². The molecule has 5 rings (SSSR count). The summed E-state index contributed by atoms with van der Waals surface area (Å²) in [5, 5.41) is -0.745. The minimum atomic E-state index is -4.47. The van der Waals surface area contributed by atoms with E-state index in [4.69, 9.17) is 19.8 Å². The number of nitrogens with two attached hydrogens (primary N) is 1. The highest BCUT2D eigenvalue weighted by molar-refractivity contribution is 8.00. The van der Waals surface area contributed by atoms with Crippen LogP contribution in [0.15, 0.2) is 77.7 Å². The van der Waals surface area contributed by atoms with Crippen molar-refractivity contribution in [2.75, 3.05) is 18.2 Å². The number of anilines is 1. The number of rotatable bonds is 6. The number of hydrogen-bond acceptors (Lipinski definition) is 10. The molecule has 0 atom stereocenters. The number of H-pyrrole nitrogens is 1. The highest BCUT2D eigenvalue weighted by atomic mass is 32.2. The van der Waals surface area contributed by atoms with Crippen LogP contribution in [0.2, 0.25) is 0 Å². The molecule has 5 N–H and O–H groups in total. The van der Waals surface area contributed by atoms with Crippen LogP contribution in [0.5, 0.6) is 0 Å². The first-order valence-corrected chi connectivity index (χ1v) is 19.4. The Morgan fingerprint density at radius 3 is 1.92 bits per heavy atom. The highest BCUT2D eigenvalue weighted by Gasteiger charge is 2.31. The predicted octanol–water partition coefficient (Wildman–Crippen LogP) is 5.55. The number of thioether (sulfide) groups is 1. The molecule has 0 saturated carbocycles. The van der Waals surface area contributed by atoms with E-state index in [9.17, 15) is 38.4 Å². The fraction of sp³-hybridized carbons (Fsp3) is 0.214. The maximum absolute atomic E-state index is 13.3. The zero-order valence-corrected chi connectivity index (χ0v) is 28.8. The Balaban J connectivity index is 0.000000548. The predicted molar refractivity (Wildman–Crippen MR) is 179 cm³/mol. The van der Waals surface area contributed by atoms with Gasteiger partial charge in [0.1, 0.15) is 5.82 Å². The lowest BCUT2D eigenvalue weighted by Crippen LogP contribution is -2.23. The van der Waals surface area contributed by atoms with E-state index < -0.39 is 41.0 Å². The summed E-state index contributed by atoms with van der Waals surface area (Å²) in [7, 11) is -11.2. The Morgan fingerprint density at radius 1 is 0.833 bits per heavy atom. The van der Waals surface area contributed by atoms with Gasteiger partial charge in [0.15, 0.2) is 0 Å². The molecule has 48 heavy (non-hydrogen) atoms. The molecule has 0 unspecified atom stereocenters. The van der Waals surface area contributed by atoms with E-state index in [2.05, 4.69) is 9.97 Å². The second kappa shape index (κ2) is 14.7. The molecule has 260 valence electrons. The van der Waals surface area contributed by atoms with Crippen molar-refractivity contribution in [1.29, 1.82) is 0 Å². The second-order valence-corrected chi connectivity index (χ2v) is 16.6. The van der Waals surface area contributed by atoms with Gasteiger partial charge in [0.2, 0.25) is 16.0 Å². The summed E-state index contributed by atoms with van der Waals surface area (Å²) in [5.41, 5.74) is 4.78. The van der Waals surface area contributed by atoms with Crippen LogP contribution in [0.25, 0.3) is 44.9 Å². The van der Waals surface area contributed by atoms with E-state index in [0.717, 1.165) is 9.54 Å². The summed E-state index contributed by atoms with van der Waals surface area (Å²) in [6.07, 6.45) is 1.43. The number of nitrogen functional groups attached to an aromatic ring is 1. The number of aromatic nitrogens is 4. The molecule has 0 saturated heterocycles. The zero-order chi connectivity index (χ0) is 36.2. The Hall–Kier alpha value is -3.95. The number of fused-ring (bicyclic) bond motifs is 1. The van der Waals surface area contributed by atoms with Gasteiger partial charge >= 0.3 is 5.51 Å². The number of nitrogens with one attached hydrogen (secondary N) is 1. The first-order chi connectivity index (χ1) is 22.0. The van der Waals surface area contributed by atoms with Gasteiger partial charge in [-0.1, -0.05) is 54.6 Å². The monoisotopic (exact) mass is 749 g/mol. The molecule has 2 heterocycles. The number of alkyl halides is 3. The van der Waals surface area contributed by atoms with E-state index in [1.165, 1.54) is 12.1 Å². The molecule has 13 nitrogen and oxygen atoms in total. The van der Waals surface area contributed by atoms with E-state index in [1.54, 1.807) is 44.2 Å². The van der Waals surface area contributed by atoms with Crippen molar-refractivity contribution in [3.05, 3.63) is 72.8 Å². The average Bonchev–Trinajstić information content (AvgIpc) is 3.52. The summed E-state index contributed by atoms with van der Waals surface area (Å²) in [5.74, 6) is 0.0871. The Bertz CT molecular complexity index is 2190. The van der Waals surface area contributed by atoms with Gasteiger partial charge in [0.25, 0.3) is 20.2 Å². The fourth-order valence-electron chi connectivity index (χ4n) is 4.10. The summed E-state index contributed by atoms with van der Waals surface area (Å²) in [6, 6.07) is 20.3. The van der Waals surface area contributed by atoms with Gasteiger partial charge in [-0.15, -0.1) is 0 Å². The molecule has 0 amide bonds. The molecule has 0 aliphatic carbocycles. The fourth-order valence-corrected chi connectivity index (χ4v) is 5.91. The lowest BCUT2D eigenvalue weighted by atomic mass is 10.0. The van der Waals surface area contributed by atoms with Crippen molar-refractivity contribution in [2.45, 2.75) is 29.5 Å². The van der Waals surface area contributed by atoms with Gasteiger partial charge < -0.3 is 10.7 Å². The second-order valence-electron chi connectivity index (χ2n) is 10.2. The summed E-state index contributed by atoms with van der Waals surface area (Å²) < 4.78 is 119. The summed E-state index contributed by atoms with van der Waals surface area (Å²) in [6.45, 7) is 3.10. The molecule has 0 fully saturated rings. The van der Waals surface area contributed by atoms with Crippen molar-refractivity contribution < 1.29 is 47.5 Å². The molecular weight excluding hydrogens is 720 g/mol. The van der Waals surface area contributed by atoms with Crippen molar-refractivity contribution in [2.24, 2.45) is 0 Å². The van der Waals surface area contributed by atoms with Crippen LogP contribution in [0.1, 0.15) is 13.8 Å². The maximum atomic E-state index is 13.3. The van der Waals surface area contributed by atoms with Crippen molar-refractivity contribution >= 4 is 59.0 Å². The van der Waals surface area contributed by atoms with Gasteiger partial charge in [-0.25, -0.2) is 22.4 Å². The molecule has 0 aliphatic rings. The van der Waals surface area contributed by atoms with E-state index >= 15 is 0 Å². The first kappa shape index (κ1) is 38.5. The molecule has 0 aliphatic heterocycles. The molecule has 0 radical (unpaired) electrons. The maximum Gasteiger partial charge on any atom is 0.446 e. The largest absolute Gasteiger partial charge is 0.446 e. The van der Waals surface area contributed by atoms with Gasteiger partial charge in [-0.3, -0.25) is 9.11 Å². The summed E-state index contributed by atoms with van der Waals surface area (Å²) in [4.78, 5) is 12.1. The van der Waals surface area contributed by atoms with Gasteiger partial charge in [0.05, 0.1) is 40.2 Å². The van der Waals surface area contributed by atoms with Crippen LogP contribution in [-0.4, -0.2) is 76.6 Å². The third-order valence-electron chi connectivity index (χ3n) is 5.90. The van der Waals surface area contributed by atoms with Crippen molar-refractivity contribution in [3.8, 4) is 33.9 Å². The number of hydrogen-bond donors (Lipinski definition) is 4. The smallest absolute Gasteiger partial charge is 0.368 e. The van der Waals surface area contributed by atoms with E-state index in [1.807, 2.05) is 30.3 Å². The molecule has 2 aromatic heterocycles. The molecular formula is C28H30F3N5O8S4. The van der Waals surface area contributed by atoms with Gasteiger partial charge in [-0.05, 0) is 43.8 Å². The Kier molecular flexibility index (Phi) is 11.8. The minimum absolute atomic E-state index is 0.00393. The standard InChI is InChI=1S/C26H22F3N5O2S2.2CH4O3S/c1-15(2)38(35,36)34-20-14-17(12-13-19(20)31-25(34)30)23-22(16-8-4-3-5-9-16)32-24(33-23)18-10-6-7-11-21(18)37-26(27,28)29;2*1-5(2,3)4/h3-15H,1-2H3,(H2,30,31)(H,32,33);2*1H3,(H,2,3,4). The number of nitrogens with zero attached hydrogens (tertiary/aromatic N) is 3. The Labute approximate surface area is 279 Å². The normalized spacial score (nSPS) is 12.3. The van der Waals surface area contributed by atoms with Crippen LogP contribution >= 0.6 is 11.8 Å². The molecule has 0 spiro atoms. The lowest BCUT2D eigenvalue weighted by Gasteiger charge is -2.11. The number of aromatic amines is 1.